The molecule has 0 rings (SSSR count). The predicted octanol–water partition coefficient (Wildman–Crippen LogP) is 4.78. The van der Waals surface area contributed by atoms with Crippen molar-refractivity contribution in [2.75, 3.05) is 0 Å². The van der Waals surface area contributed by atoms with E-state index in [9.17, 15) is 0 Å². The maximum Gasteiger partial charge on any atom is 0.138 e. The molecule has 0 aromatic heterocycles. The Morgan fingerprint density at radius 2 is 1.12 bits per heavy atom. The molecule has 2 nitrogen and oxygen atoms in total. The van der Waals surface area contributed by atoms with Crippen LogP contribution < -0.4 is 0 Å². The molecule has 0 aliphatic rings. The van der Waals surface area contributed by atoms with E-state index in [-0.39, 0.29) is 0 Å². The Kier molecular flexibility index (Phi) is 7.89. The van der Waals surface area contributed by atoms with Gasteiger partial charge in [-0.2, -0.15) is 10.5 Å². The molecule has 0 saturated carbocycles. The van der Waals surface area contributed by atoms with Crippen molar-refractivity contribution in [3.8, 4) is 10.8 Å². The minimum Gasteiger partial charge on any atom is -0.185 e. The number of allylic oxidation sites excluding steroid dienone is 4. The highest BCUT2D eigenvalue weighted by atomic mass is 32.2. The van der Waals surface area contributed by atoms with E-state index >= 15 is 0 Å². The van der Waals surface area contributed by atoms with Crippen LogP contribution >= 0.6 is 23.5 Å². The van der Waals surface area contributed by atoms with Gasteiger partial charge in [-0.25, -0.2) is 0 Å². The van der Waals surface area contributed by atoms with Gasteiger partial charge in [-0.15, -0.1) is 0 Å². The third kappa shape index (κ3) is 5.90. The maximum absolute atomic E-state index is 8.67. The molecular formula is C12H16N2S2. The number of nitriles is 2. The Bertz CT molecular complexity index is 335. The first kappa shape index (κ1) is 15.2. The molecule has 0 saturated heterocycles. The zero-order valence-corrected chi connectivity index (χ0v) is 11.8. The number of hydrogen-bond donors (Lipinski definition) is 0. The highest BCUT2D eigenvalue weighted by Crippen LogP contribution is 2.30. The van der Waals surface area contributed by atoms with E-state index < -0.39 is 0 Å². The van der Waals surface area contributed by atoms with Crippen molar-refractivity contribution in [3.05, 3.63) is 21.0 Å². The van der Waals surface area contributed by atoms with Gasteiger partial charge in [-0.05, 0) is 73.9 Å². The predicted molar refractivity (Wildman–Crippen MR) is 72.4 cm³/mol. The van der Waals surface area contributed by atoms with Gasteiger partial charge >= 0.3 is 0 Å². The maximum atomic E-state index is 8.67. The molecule has 16 heavy (non-hydrogen) atoms. The molecule has 0 aromatic carbocycles. The monoisotopic (exact) mass is 252 g/mol. The second-order valence-corrected chi connectivity index (χ2v) is 5.49. The smallest absolute Gasteiger partial charge is 0.138 e. The molecule has 0 heterocycles. The lowest BCUT2D eigenvalue weighted by atomic mass is 10.2. The van der Waals surface area contributed by atoms with Gasteiger partial charge in [0.25, 0.3) is 0 Å². The van der Waals surface area contributed by atoms with E-state index in [0.717, 1.165) is 22.7 Å². The fraction of sp³-hybridized carbons (Fsp3) is 0.500. The van der Waals surface area contributed by atoms with Crippen LogP contribution in [0.4, 0.5) is 0 Å². The molecule has 0 unspecified atom stereocenters. The van der Waals surface area contributed by atoms with Crippen molar-refractivity contribution in [2.24, 2.45) is 0 Å². The average molecular weight is 252 g/mol. The summed E-state index contributed by atoms with van der Waals surface area (Å²) in [4.78, 5) is 2.22. The van der Waals surface area contributed by atoms with Crippen molar-refractivity contribution in [2.45, 2.75) is 40.5 Å². The quantitative estimate of drug-likeness (QED) is 0.660. The summed E-state index contributed by atoms with van der Waals surface area (Å²) in [6.45, 7) is 8.05. The minimum absolute atomic E-state index is 0.843. The van der Waals surface area contributed by atoms with Gasteiger partial charge in [-0.3, -0.25) is 0 Å². The van der Waals surface area contributed by atoms with E-state index in [0.29, 0.717) is 0 Å². The Balaban J connectivity index is 4.55. The lowest BCUT2D eigenvalue weighted by molar-refractivity contribution is 0.990. The fourth-order valence-corrected chi connectivity index (χ4v) is 2.18. The van der Waals surface area contributed by atoms with Crippen LogP contribution in [0.2, 0.25) is 0 Å². The summed E-state index contributed by atoms with van der Waals surface area (Å²) >= 11 is 2.45. The molecule has 0 N–H and O–H groups in total. The first-order valence-corrected chi connectivity index (χ1v) is 6.60. The lowest BCUT2D eigenvalue weighted by Gasteiger charge is -2.07. The van der Waals surface area contributed by atoms with Gasteiger partial charge in [-0.1, -0.05) is 11.1 Å². The first-order chi connectivity index (χ1) is 7.52. The molecule has 0 bridgehead atoms. The molecule has 0 aliphatic heterocycles. The Morgan fingerprint density at radius 1 is 0.812 bits per heavy atom. The summed E-state index contributed by atoms with van der Waals surface area (Å²) < 4.78 is 0. The highest BCUT2D eigenvalue weighted by Gasteiger charge is 2.05. The van der Waals surface area contributed by atoms with Crippen molar-refractivity contribution in [1.29, 1.82) is 10.5 Å². The van der Waals surface area contributed by atoms with Crippen molar-refractivity contribution < 1.29 is 0 Å². The van der Waals surface area contributed by atoms with Crippen LogP contribution in [-0.4, -0.2) is 0 Å². The van der Waals surface area contributed by atoms with Gasteiger partial charge in [0, 0.05) is 0 Å². The van der Waals surface area contributed by atoms with E-state index in [1.165, 1.54) is 34.7 Å². The molecule has 0 spiro atoms. The molecule has 0 radical (unpaired) electrons. The minimum atomic E-state index is 0.843. The van der Waals surface area contributed by atoms with Crippen molar-refractivity contribution >= 4 is 23.5 Å². The summed E-state index contributed by atoms with van der Waals surface area (Å²) in [6, 6.07) is 0. The summed E-state index contributed by atoms with van der Waals surface area (Å²) in [5.41, 5.74) is 2.36. The Morgan fingerprint density at radius 3 is 1.31 bits per heavy atom. The third-order valence-electron chi connectivity index (χ3n) is 2.03. The molecule has 0 atom stereocenters. The molecule has 4 heteroatoms. The number of thiocyanates is 2. The second-order valence-electron chi connectivity index (χ2n) is 3.73. The zero-order valence-electron chi connectivity index (χ0n) is 10.1. The molecular weight excluding hydrogens is 236 g/mol. The van der Waals surface area contributed by atoms with Crippen LogP contribution in [0.5, 0.6) is 0 Å². The SMILES string of the molecule is CC(C)=C(CCC(SC#N)=C(C)C)SC#N. The molecule has 0 fully saturated rings. The van der Waals surface area contributed by atoms with Gasteiger partial charge < -0.3 is 0 Å². The number of hydrogen-bond acceptors (Lipinski definition) is 4. The van der Waals surface area contributed by atoms with Gasteiger partial charge in [0.15, 0.2) is 0 Å². The number of rotatable bonds is 5. The molecule has 0 aromatic rings. The van der Waals surface area contributed by atoms with Crippen LogP contribution in [0.3, 0.4) is 0 Å². The van der Waals surface area contributed by atoms with E-state index in [1.807, 2.05) is 27.7 Å². The van der Waals surface area contributed by atoms with Gasteiger partial charge in [0.2, 0.25) is 0 Å². The second kappa shape index (κ2) is 8.33. The average Bonchev–Trinajstić information content (AvgIpc) is 2.21. The first-order valence-electron chi connectivity index (χ1n) is 4.97. The largest absolute Gasteiger partial charge is 0.185 e. The van der Waals surface area contributed by atoms with Gasteiger partial charge in [0.1, 0.15) is 10.8 Å². The standard InChI is InChI=1S/C12H16N2S2/c1-9(2)11(15-7-13)5-6-12(10(3)4)16-8-14/h5-6H2,1-4H3. The van der Waals surface area contributed by atoms with Crippen LogP contribution in [0.15, 0.2) is 21.0 Å². The van der Waals surface area contributed by atoms with Crippen LogP contribution in [0.1, 0.15) is 40.5 Å². The lowest BCUT2D eigenvalue weighted by Crippen LogP contribution is -1.86. The summed E-state index contributed by atoms with van der Waals surface area (Å²) in [6.07, 6.45) is 1.69. The zero-order chi connectivity index (χ0) is 12.6. The van der Waals surface area contributed by atoms with Crippen molar-refractivity contribution in [1.82, 2.24) is 0 Å². The highest BCUT2D eigenvalue weighted by molar-refractivity contribution is 8.07. The van der Waals surface area contributed by atoms with E-state index in [2.05, 4.69) is 10.8 Å². The van der Waals surface area contributed by atoms with Crippen LogP contribution in [0, 0.1) is 21.3 Å². The van der Waals surface area contributed by atoms with Crippen LogP contribution in [0.25, 0.3) is 0 Å². The normalized spacial score (nSPS) is 8.88. The topological polar surface area (TPSA) is 47.6 Å². The molecule has 0 amide bonds. The van der Waals surface area contributed by atoms with Crippen LogP contribution in [-0.2, 0) is 0 Å². The van der Waals surface area contributed by atoms with E-state index in [4.69, 9.17) is 10.5 Å². The summed E-state index contributed by atoms with van der Waals surface area (Å²) in [5.74, 6) is 0. The van der Waals surface area contributed by atoms with Crippen molar-refractivity contribution in [3.63, 3.8) is 0 Å². The summed E-state index contributed by atoms with van der Waals surface area (Å²) in [5, 5.41) is 21.6. The third-order valence-corrected chi connectivity index (χ3v) is 3.93. The Hall–Kier alpha value is -0.840. The van der Waals surface area contributed by atoms with Gasteiger partial charge in [0.05, 0.1) is 0 Å². The number of nitrogens with zero attached hydrogens (tertiary/aromatic N) is 2. The molecule has 0 aliphatic carbocycles. The number of thioether (sulfide) groups is 2. The van der Waals surface area contributed by atoms with E-state index in [1.54, 1.807) is 0 Å². The Labute approximate surface area is 106 Å². The fourth-order valence-electron chi connectivity index (χ4n) is 1.14. The summed E-state index contributed by atoms with van der Waals surface area (Å²) in [7, 11) is 0. The molecule has 86 valence electrons.